The van der Waals surface area contributed by atoms with Crippen LogP contribution in [0.15, 0.2) is 72.9 Å². The van der Waals surface area contributed by atoms with E-state index in [2.05, 4.69) is 17.5 Å². The molecule has 1 heterocycles. The summed E-state index contributed by atoms with van der Waals surface area (Å²) in [5, 5.41) is 7.76. The number of hydrogen-bond donors (Lipinski definition) is 1. The SMILES string of the molecule is O=C(NCc1cn(-c2ccccc2)nc1-c1ccc(F)cc1)C1CC=CCC1. The van der Waals surface area contributed by atoms with Crippen LogP contribution in [0.3, 0.4) is 0 Å². The molecule has 2 aromatic carbocycles. The molecule has 1 aliphatic carbocycles. The Morgan fingerprint density at radius 3 is 2.61 bits per heavy atom. The molecule has 4 rings (SSSR count). The van der Waals surface area contributed by atoms with E-state index in [0.29, 0.717) is 6.54 Å². The van der Waals surface area contributed by atoms with Gasteiger partial charge in [0.05, 0.1) is 11.4 Å². The number of benzene rings is 2. The van der Waals surface area contributed by atoms with Crippen molar-refractivity contribution in [2.75, 3.05) is 0 Å². The number of rotatable bonds is 5. The summed E-state index contributed by atoms with van der Waals surface area (Å²) < 4.78 is 15.1. The highest BCUT2D eigenvalue weighted by Crippen LogP contribution is 2.25. The third-order valence-corrected chi connectivity index (χ3v) is 5.02. The van der Waals surface area contributed by atoms with Crippen LogP contribution in [0.4, 0.5) is 4.39 Å². The number of nitrogens with one attached hydrogen (secondary N) is 1. The van der Waals surface area contributed by atoms with Crippen LogP contribution in [0.2, 0.25) is 0 Å². The van der Waals surface area contributed by atoms with Crippen LogP contribution in [0.25, 0.3) is 16.9 Å². The first-order chi connectivity index (χ1) is 13.7. The highest BCUT2D eigenvalue weighted by molar-refractivity contribution is 5.79. The van der Waals surface area contributed by atoms with Crippen molar-refractivity contribution in [3.8, 4) is 16.9 Å². The summed E-state index contributed by atoms with van der Waals surface area (Å²) in [6.07, 6.45) is 8.75. The summed E-state index contributed by atoms with van der Waals surface area (Å²) in [5.41, 5.74) is 3.39. The Labute approximate surface area is 163 Å². The minimum atomic E-state index is -0.286. The number of aromatic nitrogens is 2. The van der Waals surface area contributed by atoms with Crippen LogP contribution in [-0.2, 0) is 11.3 Å². The van der Waals surface area contributed by atoms with E-state index < -0.39 is 0 Å². The van der Waals surface area contributed by atoms with Crippen molar-refractivity contribution in [1.29, 1.82) is 0 Å². The molecule has 3 aromatic rings. The van der Waals surface area contributed by atoms with Gasteiger partial charge >= 0.3 is 0 Å². The molecule has 0 radical (unpaired) electrons. The van der Waals surface area contributed by atoms with Gasteiger partial charge in [0.1, 0.15) is 5.82 Å². The molecule has 4 nitrogen and oxygen atoms in total. The predicted molar refractivity (Wildman–Crippen MR) is 107 cm³/mol. The zero-order valence-corrected chi connectivity index (χ0v) is 15.5. The predicted octanol–water partition coefficient (Wildman–Crippen LogP) is 4.65. The summed E-state index contributed by atoms with van der Waals surface area (Å²) in [6, 6.07) is 16.1. The maximum atomic E-state index is 13.3. The number of nitrogens with zero attached hydrogens (tertiary/aromatic N) is 2. The van der Waals surface area contributed by atoms with Crippen LogP contribution >= 0.6 is 0 Å². The van der Waals surface area contributed by atoms with Crippen molar-refractivity contribution in [3.05, 3.63) is 84.3 Å². The topological polar surface area (TPSA) is 46.9 Å². The van der Waals surface area contributed by atoms with Gasteiger partial charge in [0.25, 0.3) is 0 Å². The van der Waals surface area contributed by atoms with E-state index in [4.69, 9.17) is 5.10 Å². The molecular formula is C23H22FN3O. The fourth-order valence-electron chi connectivity index (χ4n) is 3.46. The van der Waals surface area contributed by atoms with Gasteiger partial charge < -0.3 is 5.32 Å². The van der Waals surface area contributed by atoms with Crippen LogP contribution in [0.1, 0.15) is 24.8 Å². The Morgan fingerprint density at radius 1 is 1.11 bits per heavy atom. The van der Waals surface area contributed by atoms with E-state index in [1.807, 2.05) is 36.5 Å². The maximum Gasteiger partial charge on any atom is 0.223 e. The van der Waals surface area contributed by atoms with E-state index in [1.165, 1.54) is 12.1 Å². The third kappa shape index (κ3) is 4.03. The van der Waals surface area contributed by atoms with Gasteiger partial charge in [-0.2, -0.15) is 5.10 Å². The summed E-state index contributed by atoms with van der Waals surface area (Å²) in [7, 11) is 0. The average Bonchev–Trinajstić information content (AvgIpc) is 3.18. The maximum absolute atomic E-state index is 13.3. The van der Waals surface area contributed by atoms with Crippen LogP contribution in [0, 0.1) is 11.7 Å². The molecule has 1 aliphatic rings. The Balaban J connectivity index is 1.60. The number of amides is 1. The molecule has 142 valence electrons. The van der Waals surface area contributed by atoms with Crippen molar-refractivity contribution < 1.29 is 9.18 Å². The van der Waals surface area contributed by atoms with Crippen molar-refractivity contribution in [2.24, 2.45) is 5.92 Å². The van der Waals surface area contributed by atoms with Crippen molar-refractivity contribution in [2.45, 2.75) is 25.8 Å². The van der Waals surface area contributed by atoms with Crippen molar-refractivity contribution in [3.63, 3.8) is 0 Å². The molecule has 1 amide bonds. The quantitative estimate of drug-likeness (QED) is 0.660. The zero-order valence-electron chi connectivity index (χ0n) is 15.5. The molecule has 1 unspecified atom stereocenters. The molecule has 0 spiro atoms. The Kier molecular flexibility index (Phi) is 5.33. The fourth-order valence-corrected chi connectivity index (χ4v) is 3.46. The molecule has 0 aliphatic heterocycles. The van der Waals surface area contributed by atoms with Gasteiger partial charge in [0, 0.05) is 29.8 Å². The lowest BCUT2D eigenvalue weighted by atomic mass is 9.93. The monoisotopic (exact) mass is 375 g/mol. The molecule has 28 heavy (non-hydrogen) atoms. The van der Waals surface area contributed by atoms with Crippen molar-refractivity contribution in [1.82, 2.24) is 15.1 Å². The first-order valence-corrected chi connectivity index (χ1v) is 9.53. The van der Waals surface area contributed by atoms with Gasteiger partial charge in [0.15, 0.2) is 0 Å². The molecule has 1 atom stereocenters. The lowest BCUT2D eigenvalue weighted by molar-refractivity contribution is -0.125. The Hall–Kier alpha value is -3.21. The van der Waals surface area contributed by atoms with E-state index >= 15 is 0 Å². The first kappa shape index (κ1) is 18.2. The van der Waals surface area contributed by atoms with Gasteiger partial charge in [-0.15, -0.1) is 0 Å². The van der Waals surface area contributed by atoms with Gasteiger partial charge in [-0.25, -0.2) is 9.07 Å². The summed E-state index contributed by atoms with van der Waals surface area (Å²) >= 11 is 0. The van der Waals surface area contributed by atoms with E-state index in [1.54, 1.807) is 16.8 Å². The number of carbonyl (C=O) groups excluding carboxylic acids is 1. The minimum absolute atomic E-state index is 0.0310. The second-order valence-corrected chi connectivity index (χ2v) is 6.99. The second-order valence-electron chi connectivity index (χ2n) is 6.99. The minimum Gasteiger partial charge on any atom is -0.352 e. The Morgan fingerprint density at radius 2 is 1.89 bits per heavy atom. The average molecular weight is 375 g/mol. The van der Waals surface area contributed by atoms with Crippen LogP contribution < -0.4 is 5.32 Å². The number of hydrogen-bond acceptors (Lipinski definition) is 2. The normalized spacial score (nSPS) is 16.1. The highest BCUT2D eigenvalue weighted by Gasteiger charge is 2.20. The van der Waals surface area contributed by atoms with Gasteiger partial charge in [-0.1, -0.05) is 30.4 Å². The lowest BCUT2D eigenvalue weighted by Gasteiger charge is -2.17. The summed E-state index contributed by atoms with van der Waals surface area (Å²) in [5.74, 6) is -0.184. The molecule has 5 heteroatoms. The van der Waals surface area contributed by atoms with Crippen LogP contribution in [0.5, 0.6) is 0 Å². The van der Waals surface area contributed by atoms with E-state index in [-0.39, 0.29) is 17.6 Å². The Bertz CT molecular complexity index is 977. The van der Waals surface area contributed by atoms with Crippen LogP contribution in [-0.4, -0.2) is 15.7 Å². The van der Waals surface area contributed by atoms with Gasteiger partial charge in [-0.05, 0) is 55.7 Å². The molecule has 0 saturated carbocycles. The van der Waals surface area contributed by atoms with Gasteiger partial charge in [0.2, 0.25) is 5.91 Å². The standard InChI is InChI=1S/C23H22FN3O/c24-20-13-11-17(12-14-20)22-19(15-25-23(28)18-7-3-1-4-8-18)16-27(26-22)21-9-5-2-6-10-21/h1-3,5-6,9-14,16,18H,4,7-8,15H2,(H,25,28). The molecule has 0 fully saturated rings. The molecule has 1 N–H and O–H groups in total. The van der Waals surface area contributed by atoms with Crippen molar-refractivity contribution >= 4 is 5.91 Å². The lowest BCUT2D eigenvalue weighted by Crippen LogP contribution is -2.30. The van der Waals surface area contributed by atoms with E-state index in [9.17, 15) is 9.18 Å². The molecule has 1 aromatic heterocycles. The van der Waals surface area contributed by atoms with Gasteiger partial charge in [-0.3, -0.25) is 4.79 Å². The molecule has 0 bridgehead atoms. The molecule has 0 saturated heterocycles. The highest BCUT2D eigenvalue weighted by atomic mass is 19.1. The number of para-hydroxylation sites is 1. The number of allylic oxidation sites excluding steroid dienone is 2. The number of halogens is 1. The summed E-state index contributed by atoms with van der Waals surface area (Å²) in [6.45, 7) is 0.387. The zero-order chi connectivity index (χ0) is 19.3. The first-order valence-electron chi connectivity index (χ1n) is 9.53. The molecular weight excluding hydrogens is 353 g/mol. The second kappa shape index (κ2) is 8.21. The fraction of sp³-hybridized carbons (Fsp3) is 0.217. The summed E-state index contributed by atoms with van der Waals surface area (Å²) in [4.78, 5) is 12.5. The number of carbonyl (C=O) groups is 1. The smallest absolute Gasteiger partial charge is 0.223 e. The van der Waals surface area contributed by atoms with E-state index in [0.717, 1.165) is 41.8 Å². The third-order valence-electron chi connectivity index (χ3n) is 5.02. The largest absolute Gasteiger partial charge is 0.352 e.